The summed E-state index contributed by atoms with van der Waals surface area (Å²) in [5.41, 5.74) is 2.77. The molecule has 2 aliphatic rings. The summed E-state index contributed by atoms with van der Waals surface area (Å²) in [6, 6.07) is 16.4. The number of phenolic OH excluding ortho intramolecular Hbond substituents is 1. The first-order chi connectivity index (χ1) is 14.5. The van der Waals surface area contributed by atoms with Crippen LogP contribution in [0.3, 0.4) is 0 Å². The number of carbonyl (C=O) groups is 1. The van der Waals surface area contributed by atoms with E-state index in [0.29, 0.717) is 17.8 Å². The molecule has 2 aromatic rings. The Morgan fingerprint density at radius 2 is 1.63 bits per heavy atom. The van der Waals surface area contributed by atoms with Crippen LogP contribution in [0.4, 0.5) is 0 Å². The van der Waals surface area contributed by atoms with Crippen LogP contribution in [0.15, 0.2) is 48.5 Å². The molecular weight excluding hydrogens is 374 g/mol. The third kappa shape index (κ3) is 4.09. The molecule has 4 rings (SSSR count). The van der Waals surface area contributed by atoms with E-state index in [1.165, 1.54) is 0 Å². The van der Waals surface area contributed by atoms with Gasteiger partial charge in [0.05, 0.1) is 6.04 Å². The molecule has 5 nitrogen and oxygen atoms in total. The van der Waals surface area contributed by atoms with E-state index < -0.39 is 0 Å². The zero-order valence-corrected chi connectivity index (χ0v) is 18.3. The zero-order valence-electron chi connectivity index (χ0n) is 18.3. The molecule has 2 aliphatic heterocycles. The minimum atomic E-state index is -0.0479. The van der Waals surface area contributed by atoms with Crippen molar-refractivity contribution in [2.24, 2.45) is 0 Å². The first-order valence-electron chi connectivity index (χ1n) is 11.1. The monoisotopic (exact) mass is 407 g/mol. The second kappa shape index (κ2) is 8.78. The number of amides is 1. The van der Waals surface area contributed by atoms with Gasteiger partial charge in [0, 0.05) is 49.4 Å². The number of hydrogen-bond donors (Lipinski definition) is 1. The molecule has 0 radical (unpaired) electrons. The molecule has 2 heterocycles. The van der Waals surface area contributed by atoms with Gasteiger partial charge in [-0.15, -0.1) is 0 Å². The summed E-state index contributed by atoms with van der Waals surface area (Å²) in [5, 5.41) is 10.7. The van der Waals surface area contributed by atoms with E-state index in [2.05, 4.69) is 42.8 Å². The number of para-hydroxylation sites is 1. The van der Waals surface area contributed by atoms with Gasteiger partial charge in [0.1, 0.15) is 5.75 Å². The molecule has 1 amide bonds. The summed E-state index contributed by atoms with van der Waals surface area (Å²) in [6.45, 7) is 8.12. The Kier molecular flexibility index (Phi) is 6.11. The number of likely N-dealkylation sites (tertiary alicyclic amines) is 1. The van der Waals surface area contributed by atoms with Crippen LogP contribution in [0.2, 0.25) is 0 Å². The van der Waals surface area contributed by atoms with Crippen molar-refractivity contribution >= 4 is 5.91 Å². The molecule has 5 heteroatoms. The first kappa shape index (κ1) is 20.9. The lowest BCUT2D eigenvalue weighted by Gasteiger charge is -2.46. The Hall–Kier alpha value is -2.37. The van der Waals surface area contributed by atoms with E-state index in [1.54, 1.807) is 6.07 Å². The van der Waals surface area contributed by atoms with Crippen molar-refractivity contribution in [1.29, 1.82) is 0 Å². The van der Waals surface area contributed by atoms with Crippen molar-refractivity contribution in [2.75, 3.05) is 33.2 Å². The molecule has 0 spiro atoms. The smallest absolute Gasteiger partial charge is 0.253 e. The molecule has 2 fully saturated rings. The molecule has 0 unspecified atom stereocenters. The molecule has 1 N–H and O–H groups in total. The highest BCUT2D eigenvalue weighted by atomic mass is 16.3. The molecule has 3 atom stereocenters. The maximum absolute atomic E-state index is 12.8. The first-order valence-corrected chi connectivity index (χ1v) is 11.1. The predicted molar refractivity (Wildman–Crippen MR) is 120 cm³/mol. The summed E-state index contributed by atoms with van der Waals surface area (Å²) in [5.74, 6) is 0.443. The van der Waals surface area contributed by atoms with Crippen LogP contribution >= 0.6 is 0 Å². The van der Waals surface area contributed by atoms with E-state index in [-0.39, 0.29) is 11.9 Å². The maximum Gasteiger partial charge on any atom is 0.253 e. The second-order valence-electron chi connectivity index (χ2n) is 8.92. The molecule has 0 aliphatic carbocycles. The van der Waals surface area contributed by atoms with Gasteiger partial charge in [-0.1, -0.05) is 30.3 Å². The lowest BCUT2D eigenvalue weighted by Crippen LogP contribution is -2.55. The van der Waals surface area contributed by atoms with Gasteiger partial charge in [0.25, 0.3) is 5.91 Å². The van der Waals surface area contributed by atoms with Gasteiger partial charge in [-0.2, -0.15) is 0 Å². The van der Waals surface area contributed by atoms with Crippen molar-refractivity contribution in [1.82, 2.24) is 14.7 Å². The SMILES string of the molecule is C[C@@H]1CN([C@H](c2ccc(C(=O)N3CCCC3)cc2)c2ccccc2O)[C@H](C)CN1C. The summed E-state index contributed by atoms with van der Waals surface area (Å²) in [4.78, 5) is 19.6. The number of benzene rings is 2. The van der Waals surface area contributed by atoms with Crippen LogP contribution in [0.25, 0.3) is 0 Å². The third-order valence-corrected chi connectivity index (χ3v) is 6.78. The van der Waals surface area contributed by atoms with Gasteiger partial charge < -0.3 is 14.9 Å². The normalized spacial score (nSPS) is 24.2. The summed E-state index contributed by atoms with van der Waals surface area (Å²) in [6.07, 6.45) is 2.19. The van der Waals surface area contributed by atoms with Crippen LogP contribution < -0.4 is 0 Å². The van der Waals surface area contributed by atoms with E-state index in [0.717, 1.165) is 55.7 Å². The molecule has 2 saturated heterocycles. The highest BCUT2D eigenvalue weighted by molar-refractivity contribution is 5.94. The molecule has 30 heavy (non-hydrogen) atoms. The fourth-order valence-electron chi connectivity index (χ4n) is 4.87. The molecule has 2 aromatic carbocycles. The van der Waals surface area contributed by atoms with E-state index in [9.17, 15) is 9.90 Å². The van der Waals surface area contributed by atoms with Crippen LogP contribution in [0, 0.1) is 0 Å². The van der Waals surface area contributed by atoms with Crippen LogP contribution in [-0.4, -0.2) is 71.0 Å². The fraction of sp³-hybridized carbons (Fsp3) is 0.480. The highest BCUT2D eigenvalue weighted by Crippen LogP contribution is 2.37. The average molecular weight is 408 g/mol. The maximum atomic E-state index is 12.8. The largest absolute Gasteiger partial charge is 0.508 e. The van der Waals surface area contributed by atoms with Gasteiger partial charge >= 0.3 is 0 Å². The number of aromatic hydroxyl groups is 1. The summed E-state index contributed by atoms with van der Waals surface area (Å²) in [7, 11) is 2.17. The van der Waals surface area contributed by atoms with Crippen molar-refractivity contribution in [3.63, 3.8) is 0 Å². The van der Waals surface area contributed by atoms with E-state index in [1.807, 2.05) is 35.2 Å². The van der Waals surface area contributed by atoms with Gasteiger partial charge in [-0.3, -0.25) is 9.69 Å². The number of piperazine rings is 1. The zero-order chi connectivity index (χ0) is 21.3. The Balaban J connectivity index is 1.67. The Morgan fingerprint density at radius 3 is 2.30 bits per heavy atom. The number of nitrogens with zero attached hydrogens (tertiary/aromatic N) is 3. The van der Waals surface area contributed by atoms with Gasteiger partial charge in [0.15, 0.2) is 0 Å². The van der Waals surface area contributed by atoms with Crippen molar-refractivity contribution in [2.45, 2.75) is 44.8 Å². The summed E-state index contributed by atoms with van der Waals surface area (Å²) < 4.78 is 0. The average Bonchev–Trinajstić information content (AvgIpc) is 3.28. The van der Waals surface area contributed by atoms with E-state index in [4.69, 9.17) is 0 Å². The standard InChI is InChI=1S/C25H33N3O2/c1-18-17-28(19(2)16-26(18)3)24(22-8-4-5-9-23(22)29)20-10-12-21(13-11-20)25(30)27-14-6-7-15-27/h4-5,8-13,18-19,24,29H,6-7,14-17H2,1-3H3/t18-,19-,24-/m1/s1. The number of carbonyl (C=O) groups excluding carboxylic acids is 1. The van der Waals surface area contributed by atoms with Gasteiger partial charge in [0.2, 0.25) is 0 Å². The van der Waals surface area contributed by atoms with Gasteiger partial charge in [-0.05, 0) is 57.5 Å². The fourth-order valence-corrected chi connectivity index (χ4v) is 4.87. The second-order valence-corrected chi connectivity index (χ2v) is 8.92. The molecule has 0 aromatic heterocycles. The highest BCUT2D eigenvalue weighted by Gasteiger charge is 2.34. The minimum absolute atomic E-state index is 0.0479. The molecule has 0 saturated carbocycles. The number of phenols is 1. The topological polar surface area (TPSA) is 47.0 Å². The number of hydrogen-bond acceptors (Lipinski definition) is 4. The molecular formula is C25H33N3O2. The van der Waals surface area contributed by atoms with Crippen molar-refractivity contribution in [3.8, 4) is 5.75 Å². The van der Waals surface area contributed by atoms with Crippen LogP contribution in [0.5, 0.6) is 5.75 Å². The Morgan fingerprint density at radius 1 is 0.967 bits per heavy atom. The Bertz CT molecular complexity index is 876. The number of likely N-dealkylation sites (N-methyl/N-ethyl adjacent to an activating group) is 1. The quantitative estimate of drug-likeness (QED) is 0.839. The Labute approximate surface area is 179 Å². The van der Waals surface area contributed by atoms with Crippen molar-refractivity contribution < 1.29 is 9.90 Å². The molecule has 160 valence electrons. The number of rotatable bonds is 4. The predicted octanol–water partition coefficient (Wildman–Crippen LogP) is 3.74. The van der Waals surface area contributed by atoms with Gasteiger partial charge in [-0.25, -0.2) is 0 Å². The van der Waals surface area contributed by atoms with Crippen LogP contribution in [-0.2, 0) is 0 Å². The van der Waals surface area contributed by atoms with E-state index >= 15 is 0 Å². The lowest BCUT2D eigenvalue weighted by molar-refractivity contribution is 0.0384. The molecule has 0 bridgehead atoms. The lowest BCUT2D eigenvalue weighted by atomic mass is 9.92. The minimum Gasteiger partial charge on any atom is -0.508 e. The van der Waals surface area contributed by atoms with Crippen molar-refractivity contribution in [3.05, 3.63) is 65.2 Å². The summed E-state index contributed by atoms with van der Waals surface area (Å²) >= 11 is 0. The van der Waals surface area contributed by atoms with Crippen LogP contribution in [0.1, 0.15) is 54.2 Å². The third-order valence-electron chi connectivity index (χ3n) is 6.78.